The molecule has 2 N–H and O–H groups in total. The molecule has 0 aromatic heterocycles. The smallest absolute Gasteiger partial charge is 0.311 e. The number of ether oxygens (including phenoxy) is 1. The Morgan fingerprint density at radius 1 is 1.28 bits per heavy atom. The quantitative estimate of drug-likeness (QED) is 0.354. The molecule has 1 aliphatic heterocycles. The molecule has 11 heteroatoms. The summed E-state index contributed by atoms with van der Waals surface area (Å²) in [5, 5.41) is 11.3. The highest BCUT2D eigenvalue weighted by Gasteiger charge is 2.44. The van der Waals surface area contributed by atoms with E-state index in [1.54, 1.807) is 20.8 Å². The molecule has 0 aliphatic carbocycles. The van der Waals surface area contributed by atoms with Gasteiger partial charge in [0.2, 0.25) is 11.8 Å². The van der Waals surface area contributed by atoms with Crippen molar-refractivity contribution in [3.8, 4) is 0 Å². The normalized spacial score (nSPS) is 19.0. The van der Waals surface area contributed by atoms with Gasteiger partial charge >= 0.3 is 5.97 Å². The van der Waals surface area contributed by atoms with Gasteiger partial charge in [0.1, 0.15) is 6.61 Å². The standard InChI is InChI=1S/C13H21NO5.C5H12.B5/c1-7(15)6-19-12(18)13(3,4)5-9-8(2)10(16)14-11(9)17;1-3-5-4-2;1-4-5(2)3/h7-9,15H,5-6H2,1-4H3,(H,14,16,17);3-5H2,1-2H3;. The largest absolute Gasteiger partial charge is 0.463 e. The molecule has 1 aliphatic rings. The average molecular weight is 398 g/mol. The number of imide groups is 1. The van der Waals surface area contributed by atoms with Crippen molar-refractivity contribution in [1.82, 2.24) is 5.32 Å². The van der Waals surface area contributed by atoms with Crippen LogP contribution in [0.2, 0.25) is 0 Å². The third-order valence-corrected chi connectivity index (χ3v) is 4.27. The second-order valence-electron chi connectivity index (χ2n) is 7.91. The summed E-state index contributed by atoms with van der Waals surface area (Å²) in [5.41, 5.74) is -0.879. The van der Waals surface area contributed by atoms with Crippen LogP contribution in [0.1, 0.15) is 67.2 Å². The Morgan fingerprint density at radius 3 is 2.03 bits per heavy atom. The van der Waals surface area contributed by atoms with Crippen LogP contribution in [0.4, 0.5) is 0 Å². The number of unbranched alkanes of at least 4 members (excludes halogenated alkanes) is 2. The maximum Gasteiger partial charge on any atom is 0.311 e. The first kappa shape index (κ1) is 30.1. The van der Waals surface area contributed by atoms with Crippen molar-refractivity contribution >= 4 is 54.4 Å². The number of hydrogen-bond acceptors (Lipinski definition) is 5. The van der Waals surface area contributed by atoms with Crippen molar-refractivity contribution < 1.29 is 24.2 Å². The van der Waals surface area contributed by atoms with Gasteiger partial charge in [0.05, 0.1) is 17.4 Å². The van der Waals surface area contributed by atoms with Crippen molar-refractivity contribution in [1.29, 1.82) is 0 Å². The number of aliphatic hydroxyl groups excluding tert-OH is 1. The van der Waals surface area contributed by atoms with E-state index in [4.69, 9.17) is 33.1 Å². The second-order valence-corrected chi connectivity index (χ2v) is 7.91. The Kier molecular flexibility index (Phi) is 16.3. The van der Waals surface area contributed by atoms with Crippen molar-refractivity contribution in [2.24, 2.45) is 17.3 Å². The third-order valence-electron chi connectivity index (χ3n) is 4.27. The number of amides is 2. The summed E-state index contributed by atoms with van der Waals surface area (Å²) in [6.07, 6.45) is 3.13. The molecule has 3 atom stereocenters. The topological polar surface area (TPSA) is 92.7 Å². The zero-order valence-electron chi connectivity index (χ0n) is 18.7. The van der Waals surface area contributed by atoms with E-state index < -0.39 is 35.7 Å². The Labute approximate surface area is 181 Å². The van der Waals surface area contributed by atoms with Gasteiger partial charge in [-0.15, -0.1) is 0 Å². The van der Waals surface area contributed by atoms with Gasteiger partial charge in [-0.3, -0.25) is 19.7 Å². The Morgan fingerprint density at radius 2 is 1.76 bits per heavy atom. The predicted molar refractivity (Wildman–Crippen MR) is 121 cm³/mol. The first-order valence-electron chi connectivity index (χ1n) is 10.1. The van der Waals surface area contributed by atoms with Crippen molar-refractivity contribution in [3.05, 3.63) is 0 Å². The molecule has 29 heavy (non-hydrogen) atoms. The third kappa shape index (κ3) is 13.7. The number of hydrogen-bond donors (Lipinski definition) is 2. The Bertz CT molecular complexity index is 501. The van der Waals surface area contributed by atoms with Crippen LogP contribution in [0.5, 0.6) is 0 Å². The molecule has 0 aromatic rings. The summed E-state index contributed by atoms with van der Waals surface area (Å²) in [4.78, 5) is 34.9. The van der Waals surface area contributed by atoms with Crippen LogP contribution in [0.25, 0.3) is 0 Å². The molecule has 1 saturated heterocycles. The minimum absolute atomic E-state index is 0.0758. The van der Waals surface area contributed by atoms with Crippen molar-refractivity contribution in [3.63, 3.8) is 0 Å². The SMILES string of the molecule is CC(O)COC(=O)C(C)(C)CC1C(=O)NC(=O)C1C.CCCCC.[B][B]B([B])[B]. The van der Waals surface area contributed by atoms with Crippen LogP contribution in [-0.4, -0.2) is 72.3 Å². The molecule has 2 amide bonds. The molecule has 0 bridgehead atoms. The lowest BCUT2D eigenvalue weighted by molar-refractivity contribution is -0.158. The summed E-state index contributed by atoms with van der Waals surface area (Å²) in [6.45, 7) is 10.9. The van der Waals surface area contributed by atoms with Gasteiger partial charge in [-0.25, -0.2) is 0 Å². The van der Waals surface area contributed by atoms with Gasteiger partial charge in [-0.2, -0.15) is 0 Å². The van der Waals surface area contributed by atoms with Crippen LogP contribution in [0.15, 0.2) is 0 Å². The average Bonchev–Trinajstić information content (AvgIpc) is 2.87. The minimum Gasteiger partial charge on any atom is -0.463 e. The fourth-order valence-electron chi connectivity index (χ4n) is 2.39. The molecule has 1 rings (SSSR count). The number of carbonyl (C=O) groups is 3. The summed E-state index contributed by atoms with van der Waals surface area (Å²) < 4.78 is 4.97. The van der Waals surface area contributed by atoms with E-state index in [1.807, 2.05) is 0 Å². The fourth-order valence-corrected chi connectivity index (χ4v) is 2.39. The maximum atomic E-state index is 11.9. The highest BCUT2D eigenvalue weighted by molar-refractivity contribution is 7.60. The molecule has 155 valence electrons. The zero-order valence-corrected chi connectivity index (χ0v) is 18.7. The molecule has 7 radical (unpaired) electrons. The van der Waals surface area contributed by atoms with Crippen LogP contribution in [-0.2, 0) is 19.1 Å². The summed E-state index contributed by atoms with van der Waals surface area (Å²) in [5.74, 6) is -2.07. The highest BCUT2D eigenvalue weighted by atomic mass is 16.5. The van der Waals surface area contributed by atoms with E-state index in [-0.39, 0.29) is 24.8 Å². The lowest BCUT2D eigenvalue weighted by atomic mass is 8.97. The van der Waals surface area contributed by atoms with Gasteiger partial charge in [-0.1, -0.05) is 40.0 Å². The summed E-state index contributed by atoms with van der Waals surface area (Å²) in [7, 11) is 15.8. The van der Waals surface area contributed by atoms with E-state index in [0.717, 1.165) is 0 Å². The molecule has 0 saturated carbocycles. The molecule has 1 fully saturated rings. The Hall–Kier alpha value is -1.11. The zero-order chi connectivity index (χ0) is 23.2. The van der Waals surface area contributed by atoms with E-state index in [9.17, 15) is 14.4 Å². The van der Waals surface area contributed by atoms with Crippen LogP contribution in [0.3, 0.4) is 0 Å². The van der Waals surface area contributed by atoms with E-state index in [1.165, 1.54) is 33.2 Å². The van der Waals surface area contributed by atoms with Crippen LogP contribution in [0, 0.1) is 17.3 Å². The summed E-state index contributed by atoms with van der Waals surface area (Å²) in [6, 6.07) is 0. The number of nitrogens with one attached hydrogen (secondary N) is 1. The lowest BCUT2D eigenvalue weighted by Crippen LogP contribution is -2.34. The van der Waals surface area contributed by atoms with Gasteiger partial charge in [0.15, 0.2) is 0 Å². The van der Waals surface area contributed by atoms with Crippen molar-refractivity contribution in [2.45, 2.75) is 73.3 Å². The predicted octanol–water partition coefficient (Wildman–Crippen LogP) is 0.528. The molecule has 6 nitrogen and oxygen atoms in total. The highest BCUT2D eigenvalue weighted by Crippen LogP contribution is 2.33. The number of rotatable bonds is 8. The molecule has 3 unspecified atom stereocenters. The molecule has 1 heterocycles. The fraction of sp³-hybridized carbons (Fsp3) is 0.833. The van der Waals surface area contributed by atoms with Gasteiger partial charge < -0.3 is 9.84 Å². The first-order chi connectivity index (χ1) is 13.3. The molecule has 0 spiro atoms. The van der Waals surface area contributed by atoms with Crippen molar-refractivity contribution in [2.75, 3.05) is 6.61 Å². The summed E-state index contributed by atoms with van der Waals surface area (Å²) >= 11 is 0. The molecular formula is C18H33B5NO5. The lowest BCUT2D eigenvalue weighted by Gasteiger charge is -2.26. The molecular weight excluding hydrogens is 364 g/mol. The molecule has 0 aromatic carbocycles. The monoisotopic (exact) mass is 398 g/mol. The van der Waals surface area contributed by atoms with Gasteiger partial charge in [0, 0.05) is 42.6 Å². The van der Waals surface area contributed by atoms with Crippen LogP contribution < -0.4 is 5.32 Å². The number of esters is 1. The number of carbonyl (C=O) groups excluding carboxylic acids is 3. The maximum absolute atomic E-state index is 11.9. The minimum atomic E-state index is -0.879. The Balaban J connectivity index is 0. The van der Waals surface area contributed by atoms with E-state index >= 15 is 0 Å². The van der Waals surface area contributed by atoms with Gasteiger partial charge in [0.25, 0.3) is 0 Å². The second kappa shape index (κ2) is 15.7. The number of aliphatic hydroxyl groups is 1. The van der Waals surface area contributed by atoms with Crippen LogP contribution >= 0.6 is 0 Å². The first-order valence-corrected chi connectivity index (χ1v) is 10.1. The van der Waals surface area contributed by atoms with E-state index in [2.05, 4.69) is 19.2 Å². The van der Waals surface area contributed by atoms with Gasteiger partial charge in [-0.05, 0) is 27.2 Å². The van der Waals surface area contributed by atoms with E-state index in [0.29, 0.717) is 0 Å².